The third kappa shape index (κ3) is 4.31. The summed E-state index contributed by atoms with van der Waals surface area (Å²) in [5.74, 6) is 0.274. The van der Waals surface area contributed by atoms with Gasteiger partial charge in [0, 0.05) is 36.3 Å². The molecule has 1 fully saturated rings. The zero-order chi connectivity index (χ0) is 25.5. The Morgan fingerprint density at radius 2 is 2.08 bits per heavy atom. The maximum atomic E-state index is 13.3. The lowest BCUT2D eigenvalue weighted by molar-refractivity contribution is -0.122. The Morgan fingerprint density at radius 1 is 1.19 bits per heavy atom. The lowest BCUT2D eigenvalue weighted by Gasteiger charge is -2.17. The molecule has 2 aliphatic rings. The highest BCUT2D eigenvalue weighted by Crippen LogP contribution is 2.31. The number of anilines is 2. The molecule has 11 heteroatoms. The van der Waals surface area contributed by atoms with Crippen LogP contribution in [0.15, 0.2) is 52.6 Å². The number of carbonyl (C=O) groups excluding carboxylic acids is 2. The first-order valence-corrected chi connectivity index (χ1v) is 12.9. The Bertz CT molecular complexity index is 1560. The zero-order valence-electron chi connectivity index (χ0n) is 20.1. The van der Waals surface area contributed by atoms with Crippen molar-refractivity contribution in [2.24, 2.45) is 5.92 Å². The number of H-pyrrole nitrogens is 1. The molecule has 0 radical (unpaired) electrons. The molecule has 188 valence electrons. The van der Waals surface area contributed by atoms with Crippen LogP contribution < -0.4 is 20.5 Å². The molecule has 3 aromatic heterocycles. The normalized spacial score (nSPS) is 16.7. The van der Waals surface area contributed by atoms with Crippen LogP contribution in [-0.2, 0) is 22.4 Å². The van der Waals surface area contributed by atoms with Gasteiger partial charge in [0.1, 0.15) is 17.3 Å². The average Bonchev–Trinajstić information content (AvgIpc) is 3.70. The molecule has 1 aliphatic carbocycles. The molecule has 4 aromatic rings. The third-order valence-electron chi connectivity index (χ3n) is 6.72. The van der Waals surface area contributed by atoms with E-state index in [1.165, 1.54) is 16.0 Å². The molecule has 1 aromatic carbocycles. The summed E-state index contributed by atoms with van der Waals surface area (Å²) < 4.78 is 6.73. The molecule has 0 spiro atoms. The van der Waals surface area contributed by atoms with Gasteiger partial charge in [-0.25, -0.2) is 4.98 Å². The molecule has 10 nitrogen and oxygen atoms in total. The van der Waals surface area contributed by atoms with Gasteiger partial charge < -0.3 is 15.0 Å². The Balaban J connectivity index is 1.30. The van der Waals surface area contributed by atoms with Crippen molar-refractivity contribution < 1.29 is 14.3 Å². The number of methoxy groups -OCH3 is 1. The zero-order valence-corrected chi connectivity index (χ0v) is 20.9. The fourth-order valence-corrected chi connectivity index (χ4v) is 5.53. The summed E-state index contributed by atoms with van der Waals surface area (Å²) in [4.78, 5) is 48.8. The number of nitrogens with zero attached hydrogens (tertiary/aromatic N) is 4. The fourth-order valence-electron chi connectivity index (χ4n) is 4.84. The number of ether oxygens (including phenoxy) is 1. The van der Waals surface area contributed by atoms with Crippen LogP contribution in [0.25, 0.3) is 16.5 Å². The van der Waals surface area contributed by atoms with Crippen LogP contribution >= 0.6 is 11.3 Å². The second-order valence-electron chi connectivity index (χ2n) is 9.07. The van der Waals surface area contributed by atoms with Crippen LogP contribution in [0.3, 0.4) is 0 Å². The van der Waals surface area contributed by atoms with Crippen molar-refractivity contribution in [1.29, 1.82) is 0 Å². The maximum absolute atomic E-state index is 13.3. The molecule has 4 heterocycles. The number of aromatic nitrogens is 4. The van der Waals surface area contributed by atoms with Gasteiger partial charge in [0.15, 0.2) is 0 Å². The van der Waals surface area contributed by atoms with Crippen LogP contribution in [0.4, 0.5) is 11.5 Å². The summed E-state index contributed by atoms with van der Waals surface area (Å²) in [6.07, 6.45) is 2.41. The smallest absolute Gasteiger partial charge is 0.255 e. The number of hydrogen-bond donors (Lipinski definition) is 2. The van der Waals surface area contributed by atoms with Crippen molar-refractivity contribution in [1.82, 2.24) is 19.7 Å². The number of fused-ring (bicyclic) bond motifs is 1. The van der Waals surface area contributed by atoms with Gasteiger partial charge in [-0.15, -0.1) is 11.3 Å². The van der Waals surface area contributed by atoms with Crippen molar-refractivity contribution in [3.63, 3.8) is 0 Å². The number of benzene rings is 1. The molecular weight excluding hydrogens is 492 g/mol. The molecule has 1 saturated heterocycles. The minimum atomic E-state index is -0.556. The number of nitrogens with one attached hydrogen (secondary N) is 2. The monoisotopic (exact) mass is 516 g/mol. The van der Waals surface area contributed by atoms with Gasteiger partial charge in [-0.3, -0.25) is 19.4 Å². The Hall–Kier alpha value is -4.25. The predicted molar refractivity (Wildman–Crippen MR) is 139 cm³/mol. The summed E-state index contributed by atoms with van der Waals surface area (Å²) in [5, 5.41) is 9.53. The lowest BCUT2D eigenvalue weighted by atomic mass is 10.1. The van der Waals surface area contributed by atoms with Crippen LogP contribution in [0.2, 0.25) is 0 Å². The second kappa shape index (κ2) is 9.32. The van der Waals surface area contributed by atoms with E-state index >= 15 is 0 Å². The van der Waals surface area contributed by atoms with Crippen LogP contribution in [0.1, 0.15) is 24.1 Å². The summed E-state index contributed by atoms with van der Waals surface area (Å²) in [6, 6.07) is 12.8. The van der Waals surface area contributed by atoms with Crippen LogP contribution in [0, 0.1) is 5.92 Å². The van der Waals surface area contributed by atoms with E-state index < -0.39 is 5.92 Å². The van der Waals surface area contributed by atoms with E-state index in [-0.39, 0.29) is 36.3 Å². The minimum absolute atomic E-state index is 0.0862. The summed E-state index contributed by atoms with van der Waals surface area (Å²) >= 11 is 1.52. The lowest BCUT2D eigenvalue weighted by Crippen LogP contribution is -2.29. The molecule has 37 heavy (non-hydrogen) atoms. The number of hydrogen-bond acceptors (Lipinski definition) is 7. The van der Waals surface area contributed by atoms with E-state index in [0.717, 1.165) is 23.4 Å². The maximum Gasteiger partial charge on any atom is 0.255 e. The quantitative estimate of drug-likeness (QED) is 0.406. The number of amides is 2. The third-order valence-corrected chi connectivity index (χ3v) is 7.62. The summed E-state index contributed by atoms with van der Waals surface area (Å²) in [7, 11) is 1.57. The van der Waals surface area contributed by atoms with Gasteiger partial charge in [-0.1, -0.05) is 12.1 Å². The summed E-state index contributed by atoms with van der Waals surface area (Å²) in [5.41, 5.74) is 2.62. The highest BCUT2D eigenvalue weighted by Gasteiger charge is 2.36. The molecule has 0 saturated carbocycles. The van der Waals surface area contributed by atoms with E-state index in [1.54, 1.807) is 30.2 Å². The SMILES string of the molecule is COc1cccc(N2CC(C(=O)Nc3cc(-c4cccs4)nn3-c3nc4c(c(=O)[nH]3)CCC4)CC2=O)c1. The number of aromatic amines is 1. The van der Waals surface area contributed by atoms with E-state index in [1.807, 2.05) is 29.6 Å². The number of rotatable bonds is 6. The minimum Gasteiger partial charge on any atom is -0.497 e. The molecule has 2 amide bonds. The van der Waals surface area contributed by atoms with Crippen molar-refractivity contribution in [3.8, 4) is 22.3 Å². The average molecular weight is 517 g/mol. The Labute approximate surface area is 215 Å². The van der Waals surface area contributed by atoms with E-state index in [4.69, 9.17) is 4.74 Å². The standard InChI is InChI=1S/C26H24N6O4S/c1-36-17-6-2-5-16(12-17)31-14-15(11-23(31)33)24(34)28-22-13-20(21-9-4-10-37-21)30-32(22)26-27-19-8-3-7-18(19)25(35)29-26/h2,4-6,9-10,12-13,15H,3,7-8,11,14H2,1H3,(H,28,34)(H,27,29,35). The largest absolute Gasteiger partial charge is 0.497 e. The first-order valence-electron chi connectivity index (χ1n) is 12.0. The van der Waals surface area contributed by atoms with Gasteiger partial charge in [0.25, 0.3) is 5.56 Å². The fraction of sp³-hybridized carbons (Fsp3) is 0.269. The van der Waals surface area contributed by atoms with E-state index in [2.05, 4.69) is 20.4 Å². The topological polar surface area (TPSA) is 122 Å². The first kappa shape index (κ1) is 23.2. The van der Waals surface area contributed by atoms with Gasteiger partial charge >= 0.3 is 0 Å². The Kier molecular flexibility index (Phi) is 5.84. The molecule has 1 aliphatic heterocycles. The molecule has 0 bridgehead atoms. The van der Waals surface area contributed by atoms with Crippen LogP contribution in [0.5, 0.6) is 5.75 Å². The molecule has 1 atom stereocenters. The number of thiophene rings is 1. The van der Waals surface area contributed by atoms with E-state index in [9.17, 15) is 14.4 Å². The predicted octanol–water partition coefficient (Wildman–Crippen LogP) is 3.17. The van der Waals surface area contributed by atoms with Gasteiger partial charge in [-0.05, 0) is 42.8 Å². The molecule has 6 rings (SSSR count). The first-order chi connectivity index (χ1) is 18.0. The van der Waals surface area contributed by atoms with Gasteiger partial charge in [0.05, 0.1) is 23.6 Å². The van der Waals surface area contributed by atoms with Crippen molar-refractivity contribution in [2.75, 3.05) is 23.9 Å². The second-order valence-corrected chi connectivity index (χ2v) is 10.0. The van der Waals surface area contributed by atoms with Gasteiger partial charge in [-0.2, -0.15) is 9.78 Å². The van der Waals surface area contributed by atoms with Crippen molar-refractivity contribution in [2.45, 2.75) is 25.7 Å². The van der Waals surface area contributed by atoms with Crippen molar-refractivity contribution in [3.05, 3.63) is 69.5 Å². The number of carbonyl (C=O) groups is 2. The molecule has 2 N–H and O–H groups in total. The highest BCUT2D eigenvalue weighted by molar-refractivity contribution is 7.13. The van der Waals surface area contributed by atoms with E-state index in [0.29, 0.717) is 34.9 Å². The highest BCUT2D eigenvalue weighted by atomic mass is 32.1. The Morgan fingerprint density at radius 3 is 2.89 bits per heavy atom. The summed E-state index contributed by atoms with van der Waals surface area (Å²) in [6.45, 7) is 0.248. The molecule has 1 unspecified atom stereocenters. The number of aryl methyl sites for hydroxylation is 1. The van der Waals surface area contributed by atoms with Crippen LogP contribution in [-0.4, -0.2) is 45.2 Å². The van der Waals surface area contributed by atoms with Crippen molar-refractivity contribution >= 4 is 34.7 Å². The van der Waals surface area contributed by atoms with Gasteiger partial charge in [0.2, 0.25) is 17.8 Å². The molecular formula is C26H24N6O4S.